The molecule has 10 heteroatoms. The first-order valence-corrected chi connectivity index (χ1v) is 7.93. The van der Waals surface area contributed by atoms with E-state index in [9.17, 15) is 18.0 Å². The number of aromatic nitrogens is 3. The van der Waals surface area contributed by atoms with Crippen molar-refractivity contribution in [2.45, 2.75) is 6.18 Å². The third-order valence-corrected chi connectivity index (χ3v) is 4.05. The van der Waals surface area contributed by atoms with E-state index in [1.807, 2.05) is 0 Å². The van der Waals surface area contributed by atoms with Crippen molar-refractivity contribution in [2.24, 2.45) is 0 Å². The lowest BCUT2D eigenvalue weighted by atomic mass is 10.1. The average Bonchev–Trinajstić information content (AvgIpc) is 3.03. The summed E-state index contributed by atoms with van der Waals surface area (Å²) in [5.74, 6) is -0.292. The second-order valence-electron chi connectivity index (χ2n) is 4.79. The summed E-state index contributed by atoms with van der Waals surface area (Å²) in [6, 6.07) is 7.23. The molecule has 25 heavy (non-hydrogen) atoms. The molecule has 0 radical (unpaired) electrons. The Morgan fingerprint density at radius 2 is 1.88 bits per heavy atom. The van der Waals surface area contributed by atoms with Crippen LogP contribution in [0.3, 0.4) is 0 Å². The molecule has 0 aliphatic heterocycles. The van der Waals surface area contributed by atoms with E-state index in [2.05, 4.69) is 19.7 Å². The van der Waals surface area contributed by atoms with Crippen molar-refractivity contribution < 1.29 is 18.0 Å². The van der Waals surface area contributed by atoms with Gasteiger partial charge in [0.05, 0.1) is 11.1 Å². The van der Waals surface area contributed by atoms with Gasteiger partial charge in [0, 0.05) is 23.3 Å². The molecule has 1 amide bonds. The van der Waals surface area contributed by atoms with Gasteiger partial charge in [0.2, 0.25) is 5.13 Å². The van der Waals surface area contributed by atoms with Crippen molar-refractivity contribution in [3.05, 3.63) is 58.9 Å². The van der Waals surface area contributed by atoms with Gasteiger partial charge in [0.15, 0.2) is 5.82 Å². The van der Waals surface area contributed by atoms with E-state index in [0.717, 1.165) is 35.8 Å². The van der Waals surface area contributed by atoms with Crippen molar-refractivity contribution in [3.63, 3.8) is 0 Å². The summed E-state index contributed by atoms with van der Waals surface area (Å²) in [6.07, 6.45) is -2.93. The smallest absolute Gasteiger partial charge is 0.297 e. The van der Waals surface area contributed by atoms with Gasteiger partial charge < -0.3 is 0 Å². The number of rotatable bonds is 3. The Morgan fingerprint density at radius 3 is 2.52 bits per heavy atom. The normalized spacial score (nSPS) is 11.4. The first-order valence-electron chi connectivity index (χ1n) is 6.78. The summed E-state index contributed by atoms with van der Waals surface area (Å²) in [4.78, 5) is 20.1. The van der Waals surface area contributed by atoms with Gasteiger partial charge in [0.1, 0.15) is 5.15 Å². The van der Waals surface area contributed by atoms with Gasteiger partial charge in [-0.2, -0.15) is 22.5 Å². The maximum absolute atomic E-state index is 12.5. The number of hydrogen-bond donors (Lipinski definition) is 1. The zero-order valence-corrected chi connectivity index (χ0v) is 13.8. The molecule has 0 spiro atoms. The molecule has 3 aromatic rings. The molecule has 0 bridgehead atoms. The Kier molecular flexibility index (Phi) is 4.69. The van der Waals surface area contributed by atoms with E-state index in [1.54, 1.807) is 12.1 Å². The number of nitrogens with zero attached hydrogens (tertiary/aromatic N) is 3. The second kappa shape index (κ2) is 6.77. The van der Waals surface area contributed by atoms with Crippen LogP contribution in [-0.2, 0) is 6.18 Å². The van der Waals surface area contributed by atoms with E-state index < -0.39 is 17.6 Å². The van der Waals surface area contributed by atoms with Gasteiger partial charge >= 0.3 is 6.18 Å². The molecule has 128 valence electrons. The highest BCUT2D eigenvalue weighted by Gasteiger charge is 2.30. The van der Waals surface area contributed by atoms with Crippen molar-refractivity contribution >= 4 is 34.2 Å². The SMILES string of the molecule is O=C(Nc1nc(-c2cccnc2Cl)ns1)c1ccc(C(F)(F)F)cc1. The number of anilines is 1. The predicted octanol–water partition coefficient (Wildman–Crippen LogP) is 4.52. The van der Waals surface area contributed by atoms with Crippen LogP contribution in [0.2, 0.25) is 5.15 Å². The highest BCUT2D eigenvalue weighted by atomic mass is 35.5. The van der Waals surface area contributed by atoms with E-state index in [-0.39, 0.29) is 15.8 Å². The molecule has 0 aliphatic rings. The Morgan fingerprint density at radius 1 is 1.16 bits per heavy atom. The summed E-state index contributed by atoms with van der Waals surface area (Å²) in [6.45, 7) is 0. The number of pyridine rings is 1. The van der Waals surface area contributed by atoms with E-state index in [0.29, 0.717) is 11.4 Å². The number of amides is 1. The van der Waals surface area contributed by atoms with Gasteiger partial charge in [-0.3, -0.25) is 10.1 Å². The van der Waals surface area contributed by atoms with Crippen LogP contribution in [0.25, 0.3) is 11.4 Å². The first kappa shape index (κ1) is 17.3. The van der Waals surface area contributed by atoms with Gasteiger partial charge in [0.25, 0.3) is 5.91 Å². The molecule has 5 nitrogen and oxygen atoms in total. The lowest BCUT2D eigenvalue weighted by molar-refractivity contribution is -0.137. The molecule has 2 heterocycles. The number of halogens is 4. The van der Waals surface area contributed by atoms with Crippen LogP contribution >= 0.6 is 23.1 Å². The Balaban J connectivity index is 1.75. The maximum atomic E-state index is 12.5. The molecule has 2 aromatic heterocycles. The Bertz CT molecular complexity index is 912. The van der Waals surface area contributed by atoms with Crippen LogP contribution in [0.1, 0.15) is 15.9 Å². The molecular weight excluding hydrogens is 377 g/mol. The van der Waals surface area contributed by atoms with Gasteiger partial charge in [-0.05, 0) is 36.4 Å². The molecule has 1 aromatic carbocycles. The molecule has 0 saturated carbocycles. The quantitative estimate of drug-likeness (QED) is 0.674. The second-order valence-corrected chi connectivity index (χ2v) is 5.90. The largest absolute Gasteiger partial charge is 0.416 e. The molecule has 0 saturated heterocycles. The maximum Gasteiger partial charge on any atom is 0.416 e. The van der Waals surface area contributed by atoms with Gasteiger partial charge in [-0.25, -0.2) is 4.98 Å². The average molecular weight is 385 g/mol. The minimum Gasteiger partial charge on any atom is -0.297 e. The van der Waals surface area contributed by atoms with Crippen molar-refractivity contribution in [2.75, 3.05) is 5.32 Å². The highest BCUT2D eigenvalue weighted by Crippen LogP contribution is 2.29. The standard InChI is InChI=1S/C15H8ClF3N4OS/c16-11-10(2-1-7-20-11)12-21-14(25-23-12)22-13(24)8-3-5-9(6-4-8)15(17,18)19/h1-7H,(H,21,22,23,24). The number of carbonyl (C=O) groups is 1. The third-order valence-electron chi connectivity index (χ3n) is 3.12. The summed E-state index contributed by atoms with van der Waals surface area (Å²) >= 11 is 6.88. The topological polar surface area (TPSA) is 67.8 Å². The van der Waals surface area contributed by atoms with Gasteiger partial charge in [-0.15, -0.1) is 0 Å². The fourth-order valence-electron chi connectivity index (χ4n) is 1.92. The van der Waals surface area contributed by atoms with E-state index in [1.165, 1.54) is 6.20 Å². The van der Waals surface area contributed by atoms with Crippen molar-refractivity contribution in [3.8, 4) is 11.4 Å². The molecule has 0 atom stereocenters. The molecule has 0 fully saturated rings. The van der Waals surface area contributed by atoms with E-state index >= 15 is 0 Å². The molecule has 0 aliphatic carbocycles. The minimum atomic E-state index is -4.45. The predicted molar refractivity (Wildman–Crippen MR) is 87.5 cm³/mol. The van der Waals surface area contributed by atoms with Gasteiger partial charge in [-0.1, -0.05) is 11.6 Å². The van der Waals surface area contributed by atoms with Crippen LogP contribution in [0.4, 0.5) is 18.3 Å². The van der Waals surface area contributed by atoms with Crippen LogP contribution in [0, 0.1) is 0 Å². The molecule has 0 unspecified atom stereocenters. The number of alkyl halides is 3. The molecule has 3 rings (SSSR count). The number of hydrogen-bond acceptors (Lipinski definition) is 5. The first-order chi connectivity index (χ1) is 11.8. The fourth-order valence-corrected chi connectivity index (χ4v) is 2.70. The molecular formula is C15H8ClF3N4OS. The summed E-state index contributed by atoms with van der Waals surface area (Å²) in [7, 11) is 0. The Hall–Kier alpha value is -2.52. The minimum absolute atomic E-state index is 0.0733. The lowest BCUT2D eigenvalue weighted by Crippen LogP contribution is -2.12. The zero-order chi connectivity index (χ0) is 18.0. The summed E-state index contributed by atoms with van der Waals surface area (Å²) in [5.41, 5.74) is -0.243. The summed E-state index contributed by atoms with van der Waals surface area (Å²) < 4.78 is 41.7. The van der Waals surface area contributed by atoms with Crippen LogP contribution in [0.5, 0.6) is 0 Å². The zero-order valence-electron chi connectivity index (χ0n) is 12.2. The van der Waals surface area contributed by atoms with E-state index in [4.69, 9.17) is 11.6 Å². The van der Waals surface area contributed by atoms with Crippen molar-refractivity contribution in [1.29, 1.82) is 0 Å². The lowest BCUT2D eigenvalue weighted by Gasteiger charge is -2.07. The highest BCUT2D eigenvalue weighted by molar-refractivity contribution is 7.10. The number of benzene rings is 1. The third kappa shape index (κ3) is 3.94. The van der Waals surface area contributed by atoms with Crippen LogP contribution in [-0.4, -0.2) is 20.2 Å². The van der Waals surface area contributed by atoms with Crippen LogP contribution in [0.15, 0.2) is 42.6 Å². The number of nitrogens with one attached hydrogen (secondary N) is 1. The Labute approximate surface area is 148 Å². The fraction of sp³-hybridized carbons (Fsp3) is 0.0667. The number of carbonyl (C=O) groups excluding carboxylic acids is 1. The summed E-state index contributed by atoms with van der Waals surface area (Å²) in [5, 5.41) is 2.90. The molecule has 1 N–H and O–H groups in total. The van der Waals surface area contributed by atoms with Crippen LogP contribution < -0.4 is 5.32 Å². The monoisotopic (exact) mass is 384 g/mol. The van der Waals surface area contributed by atoms with Crippen molar-refractivity contribution in [1.82, 2.24) is 14.3 Å².